The number of aryl methyl sites for hydroxylation is 2. The molecule has 0 spiro atoms. The first-order chi connectivity index (χ1) is 8.56. The lowest BCUT2D eigenvalue weighted by Gasteiger charge is -2.38. The molecule has 0 radical (unpaired) electrons. The summed E-state index contributed by atoms with van der Waals surface area (Å²) in [6.45, 7) is 10.1. The Hall–Kier alpha value is -0.820. The number of nitrogens with one attached hydrogen (secondary N) is 1. The molecule has 2 rings (SSSR count). The van der Waals surface area contributed by atoms with E-state index in [4.69, 9.17) is 0 Å². The normalized spacial score (nSPS) is 23.2. The van der Waals surface area contributed by atoms with Crippen LogP contribution in [-0.2, 0) is 6.42 Å². The molecule has 2 atom stereocenters. The lowest BCUT2D eigenvalue weighted by atomic mass is 9.70. The Kier molecular flexibility index (Phi) is 4.45. The smallest absolute Gasteiger partial charge is 0.00104 e. The average molecular weight is 245 g/mol. The van der Waals surface area contributed by atoms with Crippen LogP contribution in [0.3, 0.4) is 0 Å². The van der Waals surface area contributed by atoms with Gasteiger partial charge in [-0.05, 0) is 62.6 Å². The molecule has 1 aromatic rings. The zero-order chi connectivity index (χ0) is 13.1. The van der Waals surface area contributed by atoms with Gasteiger partial charge in [0, 0.05) is 6.04 Å². The van der Waals surface area contributed by atoms with Gasteiger partial charge in [-0.1, -0.05) is 37.6 Å². The van der Waals surface area contributed by atoms with Gasteiger partial charge in [0.15, 0.2) is 0 Å². The maximum atomic E-state index is 3.59. The number of hydrogen-bond acceptors (Lipinski definition) is 1. The first kappa shape index (κ1) is 13.6. The van der Waals surface area contributed by atoms with Crippen molar-refractivity contribution in [2.75, 3.05) is 6.54 Å². The first-order valence-electron chi connectivity index (χ1n) is 7.35. The summed E-state index contributed by atoms with van der Waals surface area (Å²) in [6, 6.07) is 7.48. The van der Waals surface area contributed by atoms with Crippen molar-refractivity contribution < 1.29 is 0 Å². The van der Waals surface area contributed by atoms with E-state index in [1.54, 1.807) is 5.56 Å². The van der Waals surface area contributed by atoms with Crippen LogP contribution < -0.4 is 5.32 Å². The Morgan fingerprint density at radius 1 is 1.17 bits per heavy atom. The summed E-state index contributed by atoms with van der Waals surface area (Å²) in [4.78, 5) is 0. The number of benzene rings is 1. The topological polar surface area (TPSA) is 12.0 Å². The molecule has 1 nitrogen and oxygen atoms in total. The minimum atomic E-state index is 0.618. The molecule has 1 fully saturated rings. The fraction of sp³-hybridized carbons (Fsp3) is 0.647. The molecule has 1 saturated carbocycles. The second-order valence-corrected chi connectivity index (χ2v) is 6.29. The highest BCUT2D eigenvalue weighted by Gasteiger charge is 2.30. The Balaban J connectivity index is 1.91. The molecule has 18 heavy (non-hydrogen) atoms. The molecular formula is C17H27N. The van der Waals surface area contributed by atoms with E-state index in [9.17, 15) is 0 Å². The third-order valence-corrected chi connectivity index (χ3v) is 4.35. The molecule has 1 N–H and O–H groups in total. The number of rotatable bonds is 5. The standard InChI is InChI=1S/C17H27N/c1-12(2)18-11-16-8-7-15(16)10-17-9-13(3)5-6-14(17)4/h5-6,9,12,15-16,18H,7-8,10-11H2,1-4H3. The molecule has 2 unspecified atom stereocenters. The van der Waals surface area contributed by atoms with Gasteiger partial charge in [-0.15, -0.1) is 0 Å². The monoisotopic (exact) mass is 245 g/mol. The summed E-state index contributed by atoms with van der Waals surface area (Å²) in [5.41, 5.74) is 4.42. The van der Waals surface area contributed by atoms with E-state index in [0.717, 1.165) is 11.8 Å². The van der Waals surface area contributed by atoms with E-state index < -0.39 is 0 Å². The van der Waals surface area contributed by atoms with Crippen LogP contribution in [0.1, 0.15) is 43.4 Å². The Labute approximate surface area is 112 Å². The van der Waals surface area contributed by atoms with Crippen molar-refractivity contribution in [1.82, 2.24) is 5.32 Å². The van der Waals surface area contributed by atoms with Crippen LogP contribution in [-0.4, -0.2) is 12.6 Å². The SMILES string of the molecule is Cc1ccc(C)c(CC2CCC2CNC(C)C)c1. The quantitative estimate of drug-likeness (QED) is 0.830. The summed E-state index contributed by atoms with van der Waals surface area (Å²) in [6.07, 6.45) is 4.10. The minimum absolute atomic E-state index is 0.618. The van der Waals surface area contributed by atoms with Gasteiger partial charge in [-0.25, -0.2) is 0 Å². The molecule has 0 saturated heterocycles. The van der Waals surface area contributed by atoms with Crippen molar-refractivity contribution in [3.8, 4) is 0 Å². The summed E-state index contributed by atoms with van der Waals surface area (Å²) >= 11 is 0. The summed E-state index contributed by atoms with van der Waals surface area (Å²) < 4.78 is 0. The molecule has 0 bridgehead atoms. The first-order valence-corrected chi connectivity index (χ1v) is 7.35. The van der Waals surface area contributed by atoms with Gasteiger partial charge < -0.3 is 5.32 Å². The fourth-order valence-electron chi connectivity index (χ4n) is 2.87. The van der Waals surface area contributed by atoms with Crippen LogP contribution in [0.2, 0.25) is 0 Å². The molecule has 1 aliphatic carbocycles. The van der Waals surface area contributed by atoms with Crippen LogP contribution in [0.25, 0.3) is 0 Å². The van der Waals surface area contributed by atoms with E-state index in [1.165, 1.54) is 36.9 Å². The Morgan fingerprint density at radius 2 is 1.89 bits per heavy atom. The van der Waals surface area contributed by atoms with Gasteiger partial charge in [-0.3, -0.25) is 0 Å². The van der Waals surface area contributed by atoms with E-state index >= 15 is 0 Å². The third-order valence-electron chi connectivity index (χ3n) is 4.35. The van der Waals surface area contributed by atoms with Crippen molar-refractivity contribution in [2.24, 2.45) is 11.8 Å². The minimum Gasteiger partial charge on any atom is -0.314 e. The average Bonchev–Trinajstić information content (AvgIpc) is 2.28. The van der Waals surface area contributed by atoms with Gasteiger partial charge in [0.25, 0.3) is 0 Å². The van der Waals surface area contributed by atoms with Crippen molar-refractivity contribution in [3.05, 3.63) is 34.9 Å². The van der Waals surface area contributed by atoms with Crippen LogP contribution in [0.4, 0.5) is 0 Å². The molecule has 100 valence electrons. The van der Waals surface area contributed by atoms with E-state index in [0.29, 0.717) is 6.04 Å². The van der Waals surface area contributed by atoms with Gasteiger partial charge in [0.05, 0.1) is 0 Å². The highest BCUT2D eigenvalue weighted by Crippen LogP contribution is 2.37. The molecular weight excluding hydrogens is 218 g/mol. The van der Waals surface area contributed by atoms with Crippen LogP contribution in [0, 0.1) is 25.7 Å². The van der Waals surface area contributed by atoms with Crippen LogP contribution in [0.5, 0.6) is 0 Å². The maximum Gasteiger partial charge on any atom is 0.00104 e. The highest BCUT2D eigenvalue weighted by molar-refractivity contribution is 5.31. The summed E-state index contributed by atoms with van der Waals surface area (Å²) in [7, 11) is 0. The van der Waals surface area contributed by atoms with Crippen molar-refractivity contribution in [1.29, 1.82) is 0 Å². The molecule has 0 aliphatic heterocycles. The summed E-state index contributed by atoms with van der Waals surface area (Å²) in [5.74, 6) is 1.80. The molecule has 0 aromatic heterocycles. The van der Waals surface area contributed by atoms with Crippen molar-refractivity contribution in [3.63, 3.8) is 0 Å². The van der Waals surface area contributed by atoms with E-state index in [2.05, 4.69) is 51.2 Å². The highest BCUT2D eigenvalue weighted by atomic mass is 14.9. The number of hydrogen-bond donors (Lipinski definition) is 1. The third kappa shape index (κ3) is 3.35. The van der Waals surface area contributed by atoms with Gasteiger partial charge in [-0.2, -0.15) is 0 Å². The molecule has 0 amide bonds. The Morgan fingerprint density at radius 3 is 2.50 bits per heavy atom. The second-order valence-electron chi connectivity index (χ2n) is 6.29. The fourth-order valence-corrected chi connectivity index (χ4v) is 2.87. The van der Waals surface area contributed by atoms with Gasteiger partial charge in [0.1, 0.15) is 0 Å². The van der Waals surface area contributed by atoms with Gasteiger partial charge >= 0.3 is 0 Å². The van der Waals surface area contributed by atoms with E-state index in [-0.39, 0.29) is 0 Å². The molecule has 1 aliphatic rings. The summed E-state index contributed by atoms with van der Waals surface area (Å²) in [5, 5.41) is 3.59. The zero-order valence-corrected chi connectivity index (χ0v) is 12.3. The van der Waals surface area contributed by atoms with Crippen LogP contribution in [0.15, 0.2) is 18.2 Å². The van der Waals surface area contributed by atoms with E-state index in [1.807, 2.05) is 0 Å². The lowest BCUT2D eigenvalue weighted by Crippen LogP contribution is -2.38. The van der Waals surface area contributed by atoms with Crippen molar-refractivity contribution in [2.45, 2.75) is 53.0 Å². The molecule has 1 heteroatoms. The Bertz CT molecular complexity index is 395. The molecule has 1 aromatic carbocycles. The van der Waals surface area contributed by atoms with Crippen molar-refractivity contribution >= 4 is 0 Å². The predicted molar refractivity (Wildman–Crippen MR) is 79.0 cm³/mol. The largest absolute Gasteiger partial charge is 0.314 e. The maximum absolute atomic E-state index is 3.59. The zero-order valence-electron chi connectivity index (χ0n) is 12.3. The van der Waals surface area contributed by atoms with Crippen LogP contribution >= 0.6 is 0 Å². The van der Waals surface area contributed by atoms with Gasteiger partial charge in [0.2, 0.25) is 0 Å². The second kappa shape index (κ2) is 5.88. The predicted octanol–water partition coefficient (Wildman–Crippen LogP) is 3.87. The lowest BCUT2D eigenvalue weighted by molar-refractivity contribution is 0.167. The molecule has 0 heterocycles.